The molecule has 0 bridgehead atoms. The number of methoxy groups -OCH3 is 1. The Hall–Kier alpha value is -3.15. The standard InChI is InChI=1S/C23H25NO6S/c1-16(2)21(23(26)29-3)24-22(25)20-13-11-18(12-14-20)6-5-17-7-9-19(10-8-17)15-30-31(4,27)28/h7-14,16,21H,15H2,1-4H3,(H,24,25). The summed E-state index contributed by atoms with van der Waals surface area (Å²) in [5.41, 5.74) is 2.60. The summed E-state index contributed by atoms with van der Waals surface area (Å²) in [6.07, 6.45) is 1.00. The van der Waals surface area contributed by atoms with Crippen molar-refractivity contribution in [3.05, 3.63) is 70.8 Å². The number of nitrogens with one attached hydrogen (secondary N) is 1. The van der Waals surface area contributed by atoms with Crippen LogP contribution in [0, 0.1) is 17.8 Å². The van der Waals surface area contributed by atoms with Crippen molar-refractivity contribution in [3.8, 4) is 11.8 Å². The van der Waals surface area contributed by atoms with Gasteiger partial charge in [0.25, 0.3) is 16.0 Å². The predicted molar refractivity (Wildman–Crippen MR) is 117 cm³/mol. The summed E-state index contributed by atoms with van der Waals surface area (Å²) >= 11 is 0. The molecule has 0 spiro atoms. The fourth-order valence-electron chi connectivity index (χ4n) is 2.56. The third kappa shape index (κ3) is 7.89. The summed E-state index contributed by atoms with van der Waals surface area (Å²) in [6.45, 7) is 3.63. The van der Waals surface area contributed by atoms with E-state index in [1.54, 1.807) is 48.5 Å². The first-order valence-electron chi connectivity index (χ1n) is 9.53. The lowest BCUT2D eigenvalue weighted by Crippen LogP contribution is -2.45. The summed E-state index contributed by atoms with van der Waals surface area (Å²) < 4.78 is 31.5. The second-order valence-corrected chi connectivity index (χ2v) is 8.85. The van der Waals surface area contributed by atoms with Gasteiger partial charge in [-0.1, -0.05) is 37.8 Å². The number of ether oxygens (including phenoxy) is 1. The van der Waals surface area contributed by atoms with Crippen LogP contribution >= 0.6 is 0 Å². The van der Waals surface area contributed by atoms with E-state index in [0.29, 0.717) is 5.56 Å². The van der Waals surface area contributed by atoms with Crippen LogP contribution in [0.1, 0.15) is 40.9 Å². The molecule has 1 amide bonds. The Morgan fingerprint density at radius 1 is 0.968 bits per heavy atom. The minimum absolute atomic E-state index is 0.0241. The molecule has 2 aromatic rings. The largest absolute Gasteiger partial charge is 0.467 e. The molecule has 0 aromatic heterocycles. The Balaban J connectivity index is 2.02. The molecule has 0 fully saturated rings. The maximum absolute atomic E-state index is 12.4. The summed E-state index contributed by atoms with van der Waals surface area (Å²) in [4.78, 5) is 24.2. The zero-order chi connectivity index (χ0) is 23.0. The maximum Gasteiger partial charge on any atom is 0.328 e. The van der Waals surface area contributed by atoms with Crippen molar-refractivity contribution in [3.63, 3.8) is 0 Å². The van der Waals surface area contributed by atoms with Gasteiger partial charge in [-0.2, -0.15) is 8.42 Å². The summed E-state index contributed by atoms with van der Waals surface area (Å²) in [7, 11) is -2.20. The van der Waals surface area contributed by atoms with Crippen molar-refractivity contribution in [2.24, 2.45) is 5.92 Å². The van der Waals surface area contributed by atoms with E-state index in [4.69, 9.17) is 8.92 Å². The zero-order valence-corrected chi connectivity index (χ0v) is 18.7. The van der Waals surface area contributed by atoms with E-state index >= 15 is 0 Å². The van der Waals surface area contributed by atoms with Gasteiger partial charge >= 0.3 is 5.97 Å². The zero-order valence-electron chi connectivity index (χ0n) is 17.8. The SMILES string of the molecule is COC(=O)C(NC(=O)c1ccc(C#Cc2ccc(COS(C)(=O)=O)cc2)cc1)C(C)C. The third-order valence-corrected chi connectivity index (χ3v) is 4.85. The van der Waals surface area contributed by atoms with E-state index in [9.17, 15) is 18.0 Å². The lowest BCUT2D eigenvalue weighted by Gasteiger charge is -2.19. The number of esters is 1. The lowest BCUT2D eigenvalue weighted by atomic mass is 10.0. The van der Waals surface area contributed by atoms with E-state index in [2.05, 4.69) is 17.2 Å². The van der Waals surface area contributed by atoms with Gasteiger partial charge in [0.05, 0.1) is 20.0 Å². The second-order valence-electron chi connectivity index (χ2n) is 7.21. The van der Waals surface area contributed by atoms with E-state index < -0.39 is 22.1 Å². The average Bonchev–Trinajstić information content (AvgIpc) is 2.74. The number of hydrogen-bond acceptors (Lipinski definition) is 6. The molecule has 31 heavy (non-hydrogen) atoms. The molecular weight excluding hydrogens is 418 g/mol. The van der Waals surface area contributed by atoms with Crippen LogP contribution in [0.4, 0.5) is 0 Å². The van der Waals surface area contributed by atoms with Crippen LogP contribution in [0.15, 0.2) is 48.5 Å². The number of benzene rings is 2. The summed E-state index contributed by atoms with van der Waals surface area (Å²) in [6, 6.07) is 13.0. The van der Waals surface area contributed by atoms with Crippen LogP contribution in [0.25, 0.3) is 0 Å². The van der Waals surface area contributed by atoms with Crippen LogP contribution in [0.2, 0.25) is 0 Å². The van der Waals surface area contributed by atoms with Crippen LogP contribution in [0.5, 0.6) is 0 Å². The molecule has 0 radical (unpaired) electrons. The van der Waals surface area contributed by atoms with Gasteiger partial charge in [-0.05, 0) is 47.9 Å². The molecule has 164 valence electrons. The van der Waals surface area contributed by atoms with Gasteiger partial charge in [0.15, 0.2) is 0 Å². The first kappa shape index (κ1) is 24.1. The molecule has 0 saturated carbocycles. The van der Waals surface area contributed by atoms with Crippen LogP contribution in [-0.4, -0.2) is 39.7 Å². The van der Waals surface area contributed by atoms with Crippen LogP contribution in [-0.2, 0) is 30.4 Å². The first-order chi connectivity index (χ1) is 14.6. The first-order valence-corrected chi connectivity index (χ1v) is 11.3. The molecule has 1 atom stereocenters. The maximum atomic E-state index is 12.4. The predicted octanol–water partition coefficient (Wildman–Crippen LogP) is 2.49. The van der Waals surface area contributed by atoms with Crippen molar-refractivity contribution in [1.29, 1.82) is 0 Å². The topological polar surface area (TPSA) is 98.8 Å². The van der Waals surface area contributed by atoms with E-state index in [1.807, 2.05) is 13.8 Å². The number of hydrogen-bond donors (Lipinski definition) is 1. The molecule has 2 rings (SSSR count). The molecule has 1 N–H and O–H groups in total. The molecule has 2 aromatic carbocycles. The van der Waals surface area contributed by atoms with Crippen LogP contribution in [0.3, 0.4) is 0 Å². The minimum atomic E-state index is -3.48. The molecule has 0 aliphatic carbocycles. The highest BCUT2D eigenvalue weighted by molar-refractivity contribution is 7.85. The lowest BCUT2D eigenvalue weighted by molar-refractivity contribution is -0.144. The number of amides is 1. The Morgan fingerprint density at radius 3 is 1.94 bits per heavy atom. The van der Waals surface area contributed by atoms with Gasteiger partial charge in [0, 0.05) is 16.7 Å². The van der Waals surface area contributed by atoms with Gasteiger partial charge in [0.2, 0.25) is 0 Å². The van der Waals surface area contributed by atoms with Gasteiger partial charge in [-0.25, -0.2) is 4.79 Å². The van der Waals surface area contributed by atoms with Crippen LogP contribution < -0.4 is 5.32 Å². The van der Waals surface area contributed by atoms with E-state index in [-0.39, 0.29) is 18.4 Å². The fourth-order valence-corrected chi connectivity index (χ4v) is 2.91. The molecule has 8 heteroatoms. The Morgan fingerprint density at radius 2 is 1.48 bits per heavy atom. The molecule has 7 nitrogen and oxygen atoms in total. The average molecular weight is 444 g/mol. The number of rotatable bonds is 7. The number of carbonyl (C=O) groups is 2. The quantitative estimate of drug-likeness (QED) is 0.401. The van der Waals surface area contributed by atoms with Crippen molar-refractivity contribution in [1.82, 2.24) is 5.32 Å². The molecule has 0 aliphatic rings. The molecule has 0 heterocycles. The molecular formula is C23H25NO6S. The third-order valence-electron chi connectivity index (χ3n) is 4.30. The Kier molecular flexibility index (Phi) is 8.37. The smallest absolute Gasteiger partial charge is 0.328 e. The highest BCUT2D eigenvalue weighted by Crippen LogP contribution is 2.09. The van der Waals surface area contributed by atoms with Crippen molar-refractivity contribution >= 4 is 22.0 Å². The van der Waals surface area contributed by atoms with Gasteiger partial charge < -0.3 is 10.1 Å². The van der Waals surface area contributed by atoms with Gasteiger partial charge in [-0.3, -0.25) is 8.98 Å². The highest BCUT2D eigenvalue weighted by Gasteiger charge is 2.25. The van der Waals surface area contributed by atoms with Crippen molar-refractivity contribution in [2.75, 3.05) is 13.4 Å². The molecule has 1 unspecified atom stereocenters. The normalized spacial score (nSPS) is 11.9. The van der Waals surface area contributed by atoms with E-state index in [1.165, 1.54) is 7.11 Å². The molecule has 0 aliphatic heterocycles. The molecule has 0 saturated heterocycles. The van der Waals surface area contributed by atoms with Gasteiger partial charge in [0.1, 0.15) is 6.04 Å². The second kappa shape index (κ2) is 10.8. The Labute approximate surface area is 182 Å². The minimum Gasteiger partial charge on any atom is -0.467 e. The van der Waals surface area contributed by atoms with Gasteiger partial charge in [-0.15, -0.1) is 0 Å². The number of carbonyl (C=O) groups excluding carboxylic acids is 2. The van der Waals surface area contributed by atoms with Crippen molar-refractivity contribution in [2.45, 2.75) is 26.5 Å². The summed E-state index contributed by atoms with van der Waals surface area (Å²) in [5, 5.41) is 2.69. The Bertz CT molecular complexity index is 1080. The highest BCUT2D eigenvalue weighted by atomic mass is 32.2. The van der Waals surface area contributed by atoms with E-state index in [0.717, 1.165) is 22.9 Å². The van der Waals surface area contributed by atoms with Crippen molar-refractivity contribution < 1.29 is 26.9 Å². The fraction of sp³-hybridized carbons (Fsp3) is 0.304. The monoisotopic (exact) mass is 443 g/mol. The summed E-state index contributed by atoms with van der Waals surface area (Å²) in [5.74, 6) is 5.06.